The molecule has 0 atom stereocenters. The Kier molecular flexibility index (Phi) is 5.11. The van der Waals surface area contributed by atoms with E-state index in [1.807, 2.05) is 0 Å². The third-order valence-corrected chi connectivity index (χ3v) is 4.13. The maximum atomic E-state index is 13.1. The molecule has 0 aromatic heterocycles. The lowest BCUT2D eigenvalue weighted by molar-refractivity contribution is -0.129. The van der Waals surface area contributed by atoms with Crippen molar-refractivity contribution in [1.29, 1.82) is 0 Å². The number of benzene rings is 2. The Morgan fingerprint density at radius 1 is 0.880 bits per heavy atom. The normalized spacial score (nSPS) is 14.5. The molecule has 1 amide bonds. The number of amides is 1. The molecule has 1 fully saturated rings. The van der Waals surface area contributed by atoms with Crippen LogP contribution in [0.1, 0.15) is 0 Å². The molecular weight excluding hydrogens is 331 g/mol. The van der Waals surface area contributed by atoms with Crippen LogP contribution in [0.15, 0.2) is 42.5 Å². The summed E-state index contributed by atoms with van der Waals surface area (Å²) in [6, 6.07) is 9.32. The zero-order valence-electron chi connectivity index (χ0n) is 13.5. The molecule has 1 aliphatic rings. The van der Waals surface area contributed by atoms with Crippen molar-refractivity contribution in [1.82, 2.24) is 4.90 Å². The number of carbonyl (C=O) groups excluding carboxylic acids is 1. The number of hydrogen-bond acceptors (Lipinski definition) is 3. The van der Waals surface area contributed by atoms with Crippen molar-refractivity contribution < 1.29 is 18.0 Å². The SMILES string of the molecule is O=C(CNc1cc(F)cc(F)c1)N1CCN(c2ccc(F)cc2)CC1. The molecule has 2 aromatic rings. The lowest BCUT2D eigenvalue weighted by atomic mass is 10.2. The highest BCUT2D eigenvalue weighted by molar-refractivity contribution is 5.81. The van der Waals surface area contributed by atoms with E-state index in [1.54, 1.807) is 17.0 Å². The first kappa shape index (κ1) is 17.1. The van der Waals surface area contributed by atoms with Crippen molar-refractivity contribution in [3.05, 3.63) is 59.9 Å². The molecule has 1 heterocycles. The fourth-order valence-electron chi connectivity index (χ4n) is 2.81. The van der Waals surface area contributed by atoms with Crippen molar-refractivity contribution in [2.75, 3.05) is 42.9 Å². The zero-order valence-corrected chi connectivity index (χ0v) is 13.5. The van der Waals surface area contributed by atoms with Crippen LogP contribution in [-0.4, -0.2) is 43.5 Å². The van der Waals surface area contributed by atoms with E-state index in [9.17, 15) is 18.0 Å². The van der Waals surface area contributed by atoms with Crippen molar-refractivity contribution in [2.24, 2.45) is 0 Å². The van der Waals surface area contributed by atoms with Crippen LogP contribution in [0.5, 0.6) is 0 Å². The zero-order chi connectivity index (χ0) is 17.8. The van der Waals surface area contributed by atoms with Crippen molar-refractivity contribution in [3.8, 4) is 0 Å². The second kappa shape index (κ2) is 7.46. The van der Waals surface area contributed by atoms with Crippen LogP contribution in [0.2, 0.25) is 0 Å². The number of rotatable bonds is 4. The van der Waals surface area contributed by atoms with E-state index in [0.717, 1.165) is 23.9 Å². The average molecular weight is 349 g/mol. The second-order valence-corrected chi connectivity index (χ2v) is 5.86. The molecule has 2 aromatic carbocycles. The number of halogens is 3. The summed E-state index contributed by atoms with van der Waals surface area (Å²) in [5, 5.41) is 2.75. The van der Waals surface area contributed by atoms with Crippen molar-refractivity contribution in [3.63, 3.8) is 0 Å². The number of nitrogens with zero attached hydrogens (tertiary/aromatic N) is 2. The molecule has 4 nitrogen and oxygen atoms in total. The van der Waals surface area contributed by atoms with Crippen molar-refractivity contribution >= 4 is 17.3 Å². The lowest BCUT2D eigenvalue weighted by Gasteiger charge is -2.36. The van der Waals surface area contributed by atoms with Crippen LogP contribution in [-0.2, 0) is 4.79 Å². The molecule has 0 aliphatic carbocycles. The monoisotopic (exact) mass is 349 g/mol. The topological polar surface area (TPSA) is 35.6 Å². The molecule has 0 bridgehead atoms. The van der Waals surface area contributed by atoms with Crippen LogP contribution in [0, 0.1) is 17.5 Å². The number of hydrogen-bond donors (Lipinski definition) is 1. The van der Waals surface area contributed by atoms with E-state index in [0.29, 0.717) is 26.2 Å². The van der Waals surface area contributed by atoms with Gasteiger partial charge < -0.3 is 15.1 Å². The molecular formula is C18H18F3N3O. The summed E-state index contributed by atoms with van der Waals surface area (Å²) in [4.78, 5) is 16.0. The molecule has 7 heteroatoms. The third-order valence-electron chi connectivity index (χ3n) is 4.13. The molecule has 1 N–H and O–H groups in total. The van der Waals surface area contributed by atoms with E-state index in [4.69, 9.17) is 0 Å². The Hall–Kier alpha value is -2.70. The fourth-order valence-corrected chi connectivity index (χ4v) is 2.81. The van der Waals surface area contributed by atoms with Crippen LogP contribution < -0.4 is 10.2 Å². The van der Waals surface area contributed by atoms with Crippen molar-refractivity contribution in [2.45, 2.75) is 0 Å². The molecule has 1 aliphatic heterocycles. The summed E-state index contributed by atoms with van der Waals surface area (Å²) < 4.78 is 39.2. The maximum absolute atomic E-state index is 13.1. The molecule has 0 unspecified atom stereocenters. The molecule has 132 valence electrons. The number of carbonyl (C=O) groups is 1. The van der Waals surface area contributed by atoms with E-state index >= 15 is 0 Å². The van der Waals surface area contributed by atoms with Crippen LogP contribution >= 0.6 is 0 Å². The second-order valence-electron chi connectivity index (χ2n) is 5.86. The molecule has 0 saturated carbocycles. The summed E-state index contributed by atoms with van der Waals surface area (Å²) >= 11 is 0. The molecule has 0 radical (unpaired) electrons. The molecule has 25 heavy (non-hydrogen) atoms. The average Bonchev–Trinajstić information content (AvgIpc) is 2.60. The summed E-state index contributed by atoms with van der Waals surface area (Å²) in [6.07, 6.45) is 0. The first-order valence-electron chi connectivity index (χ1n) is 7.99. The minimum atomic E-state index is -0.692. The summed E-state index contributed by atoms with van der Waals surface area (Å²) in [5.41, 5.74) is 1.15. The minimum absolute atomic E-state index is 0.0283. The van der Waals surface area contributed by atoms with E-state index in [-0.39, 0.29) is 24.0 Å². The van der Waals surface area contributed by atoms with Gasteiger partial charge in [0.15, 0.2) is 0 Å². The molecule has 1 saturated heterocycles. The largest absolute Gasteiger partial charge is 0.376 e. The number of nitrogens with one attached hydrogen (secondary N) is 1. The highest BCUT2D eigenvalue weighted by atomic mass is 19.1. The fraction of sp³-hybridized carbons (Fsp3) is 0.278. The standard InChI is InChI=1S/C18H18F3N3O/c19-13-1-3-17(4-2-13)23-5-7-24(8-6-23)18(25)12-22-16-10-14(20)9-15(21)11-16/h1-4,9-11,22H,5-8,12H2. The van der Waals surface area contributed by atoms with Gasteiger partial charge in [0.2, 0.25) is 5.91 Å². The molecule has 3 rings (SSSR count). The maximum Gasteiger partial charge on any atom is 0.241 e. The Morgan fingerprint density at radius 3 is 2.08 bits per heavy atom. The van der Waals surface area contributed by atoms with Gasteiger partial charge in [-0.15, -0.1) is 0 Å². The van der Waals surface area contributed by atoms with Gasteiger partial charge >= 0.3 is 0 Å². The van der Waals surface area contributed by atoms with Gasteiger partial charge in [0.25, 0.3) is 0 Å². The summed E-state index contributed by atoms with van der Waals surface area (Å²) in [6.45, 7) is 2.34. The quantitative estimate of drug-likeness (QED) is 0.922. The van der Waals surface area contributed by atoms with Gasteiger partial charge in [-0.25, -0.2) is 13.2 Å². The smallest absolute Gasteiger partial charge is 0.241 e. The predicted octanol–water partition coefficient (Wildman–Crippen LogP) is 2.86. The summed E-state index contributed by atoms with van der Waals surface area (Å²) in [5.74, 6) is -1.80. The predicted molar refractivity (Wildman–Crippen MR) is 90.0 cm³/mol. The van der Waals surface area contributed by atoms with Gasteiger partial charge in [0.05, 0.1) is 6.54 Å². The van der Waals surface area contributed by atoms with E-state index < -0.39 is 11.6 Å². The number of piperazine rings is 1. The van der Waals surface area contributed by atoms with Gasteiger partial charge in [-0.2, -0.15) is 0 Å². The van der Waals surface area contributed by atoms with E-state index in [1.165, 1.54) is 12.1 Å². The van der Waals surface area contributed by atoms with E-state index in [2.05, 4.69) is 10.2 Å². The van der Waals surface area contributed by atoms with Gasteiger partial charge in [0, 0.05) is 43.6 Å². The Morgan fingerprint density at radius 2 is 1.48 bits per heavy atom. The Labute approximate surface area is 143 Å². The minimum Gasteiger partial charge on any atom is -0.376 e. The lowest BCUT2D eigenvalue weighted by Crippen LogP contribution is -2.50. The van der Waals surface area contributed by atoms with Gasteiger partial charge in [-0.3, -0.25) is 4.79 Å². The summed E-state index contributed by atoms with van der Waals surface area (Å²) in [7, 11) is 0. The van der Waals surface area contributed by atoms with Gasteiger partial charge in [-0.05, 0) is 36.4 Å². The van der Waals surface area contributed by atoms with Crippen LogP contribution in [0.25, 0.3) is 0 Å². The third kappa shape index (κ3) is 4.43. The van der Waals surface area contributed by atoms with Crippen LogP contribution in [0.4, 0.5) is 24.5 Å². The van der Waals surface area contributed by atoms with Gasteiger partial charge in [0.1, 0.15) is 17.5 Å². The first-order valence-corrected chi connectivity index (χ1v) is 7.99. The highest BCUT2D eigenvalue weighted by Gasteiger charge is 2.21. The molecule has 0 spiro atoms. The van der Waals surface area contributed by atoms with Gasteiger partial charge in [-0.1, -0.05) is 0 Å². The highest BCUT2D eigenvalue weighted by Crippen LogP contribution is 2.17. The van der Waals surface area contributed by atoms with Crippen LogP contribution in [0.3, 0.4) is 0 Å². The first-order chi connectivity index (χ1) is 12.0. The Balaban J connectivity index is 1.50. The number of anilines is 2. The Bertz CT molecular complexity index is 723.